The Bertz CT molecular complexity index is 429. The molecule has 0 fully saturated rings. The molecule has 0 spiro atoms. The number of hydrogen-bond acceptors (Lipinski definition) is 2. The zero-order valence-electron chi connectivity index (χ0n) is 12.6. The van der Waals surface area contributed by atoms with E-state index in [-0.39, 0.29) is 11.5 Å². The minimum atomic E-state index is 0.195. The summed E-state index contributed by atoms with van der Waals surface area (Å²) in [6.07, 6.45) is 0.868. The van der Waals surface area contributed by atoms with Crippen molar-refractivity contribution in [2.24, 2.45) is 5.73 Å². The summed E-state index contributed by atoms with van der Waals surface area (Å²) in [4.78, 5) is 0. The summed E-state index contributed by atoms with van der Waals surface area (Å²) in [7, 11) is 0. The van der Waals surface area contributed by atoms with Gasteiger partial charge in [0.25, 0.3) is 0 Å². The van der Waals surface area contributed by atoms with Crippen LogP contribution in [-0.2, 0) is 5.41 Å². The minimum Gasteiger partial charge on any atom is -0.329 e. The molecule has 0 saturated carbocycles. The van der Waals surface area contributed by atoms with Crippen molar-refractivity contribution in [3.63, 3.8) is 0 Å². The Morgan fingerprint density at radius 2 is 1.84 bits per heavy atom. The summed E-state index contributed by atoms with van der Waals surface area (Å²) in [5, 5.41) is 3.45. The predicted octanol–water partition coefficient (Wildman–Crippen LogP) is 2.99. The van der Waals surface area contributed by atoms with Gasteiger partial charge in [0.15, 0.2) is 0 Å². The molecule has 0 aliphatic rings. The molecule has 0 aliphatic heterocycles. The van der Waals surface area contributed by atoms with Crippen LogP contribution in [0, 0.1) is 11.8 Å². The van der Waals surface area contributed by atoms with Crippen LogP contribution in [0.1, 0.15) is 51.3 Å². The molecule has 0 radical (unpaired) electrons. The van der Waals surface area contributed by atoms with Crippen LogP contribution < -0.4 is 11.1 Å². The highest BCUT2D eigenvalue weighted by molar-refractivity contribution is 5.29. The van der Waals surface area contributed by atoms with E-state index in [9.17, 15) is 0 Å². The maximum absolute atomic E-state index is 5.84. The lowest BCUT2D eigenvalue weighted by Crippen LogP contribution is -2.29. The molecular formula is C17H26N2. The molecule has 0 amide bonds. The van der Waals surface area contributed by atoms with Crippen LogP contribution in [0.4, 0.5) is 0 Å². The van der Waals surface area contributed by atoms with Gasteiger partial charge in [-0.2, -0.15) is 0 Å². The molecule has 1 aromatic rings. The van der Waals surface area contributed by atoms with Gasteiger partial charge in [0.05, 0.1) is 0 Å². The Balaban J connectivity index is 2.68. The van der Waals surface area contributed by atoms with Crippen LogP contribution in [-0.4, -0.2) is 13.1 Å². The van der Waals surface area contributed by atoms with Gasteiger partial charge in [-0.25, -0.2) is 0 Å². The summed E-state index contributed by atoms with van der Waals surface area (Å²) in [6, 6.07) is 8.97. The Morgan fingerprint density at radius 1 is 1.21 bits per heavy atom. The van der Waals surface area contributed by atoms with Gasteiger partial charge < -0.3 is 11.1 Å². The predicted molar refractivity (Wildman–Crippen MR) is 83.0 cm³/mol. The third-order valence-electron chi connectivity index (χ3n) is 3.23. The van der Waals surface area contributed by atoms with Gasteiger partial charge in [-0.05, 0) is 23.5 Å². The maximum Gasteiger partial charge on any atom is 0.0444 e. The summed E-state index contributed by atoms with van der Waals surface area (Å²) >= 11 is 0. The van der Waals surface area contributed by atoms with Crippen molar-refractivity contribution in [3.05, 3.63) is 35.4 Å². The maximum atomic E-state index is 5.84. The molecule has 2 nitrogen and oxygen atoms in total. The van der Waals surface area contributed by atoms with Crippen LogP contribution in [0.25, 0.3) is 0 Å². The van der Waals surface area contributed by atoms with E-state index in [1.54, 1.807) is 0 Å². The zero-order valence-corrected chi connectivity index (χ0v) is 12.6. The molecule has 104 valence electrons. The van der Waals surface area contributed by atoms with Gasteiger partial charge in [-0.1, -0.05) is 45.0 Å². The summed E-state index contributed by atoms with van der Waals surface area (Å²) in [5.74, 6) is 5.96. The summed E-state index contributed by atoms with van der Waals surface area (Å²) < 4.78 is 0. The van der Waals surface area contributed by atoms with Gasteiger partial charge >= 0.3 is 0 Å². The van der Waals surface area contributed by atoms with E-state index in [0.717, 1.165) is 13.0 Å². The molecule has 0 aliphatic carbocycles. The average molecular weight is 258 g/mol. The van der Waals surface area contributed by atoms with Crippen molar-refractivity contribution in [2.75, 3.05) is 13.1 Å². The van der Waals surface area contributed by atoms with E-state index >= 15 is 0 Å². The zero-order chi connectivity index (χ0) is 14.3. The van der Waals surface area contributed by atoms with Gasteiger partial charge in [0, 0.05) is 25.6 Å². The molecular weight excluding hydrogens is 232 g/mol. The molecule has 2 heteroatoms. The second-order valence-corrected chi connectivity index (χ2v) is 5.79. The molecule has 3 N–H and O–H groups in total. The Hall–Kier alpha value is -1.30. The first-order valence-corrected chi connectivity index (χ1v) is 6.92. The minimum absolute atomic E-state index is 0.195. The Labute approximate surface area is 117 Å². The van der Waals surface area contributed by atoms with Crippen LogP contribution in [0.3, 0.4) is 0 Å². The number of hydrogen-bond donors (Lipinski definition) is 2. The van der Waals surface area contributed by atoms with Crippen molar-refractivity contribution in [1.82, 2.24) is 5.32 Å². The lowest BCUT2D eigenvalue weighted by atomic mass is 9.86. The average Bonchev–Trinajstić information content (AvgIpc) is 2.38. The number of nitrogens with two attached hydrogens (primary N) is 1. The van der Waals surface area contributed by atoms with Crippen molar-refractivity contribution >= 4 is 0 Å². The smallest absolute Gasteiger partial charge is 0.0444 e. The molecule has 0 aromatic heterocycles. The van der Waals surface area contributed by atoms with Crippen LogP contribution >= 0.6 is 0 Å². The normalized spacial score (nSPS) is 12.7. The molecule has 1 atom stereocenters. The van der Waals surface area contributed by atoms with Crippen molar-refractivity contribution in [2.45, 2.75) is 45.6 Å². The highest BCUT2D eigenvalue weighted by Crippen LogP contribution is 2.23. The van der Waals surface area contributed by atoms with E-state index in [1.807, 2.05) is 6.92 Å². The van der Waals surface area contributed by atoms with Gasteiger partial charge in [-0.15, -0.1) is 11.8 Å². The fourth-order valence-corrected chi connectivity index (χ4v) is 1.99. The van der Waals surface area contributed by atoms with Crippen LogP contribution in [0.15, 0.2) is 24.3 Å². The largest absolute Gasteiger partial charge is 0.329 e. The lowest BCUT2D eigenvalue weighted by molar-refractivity contribution is 0.548. The molecule has 19 heavy (non-hydrogen) atoms. The first kappa shape index (κ1) is 15.8. The summed E-state index contributed by atoms with van der Waals surface area (Å²) in [5.41, 5.74) is 8.64. The number of nitrogens with one attached hydrogen (secondary N) is 1. The first-order valence-electron chi connectivity index (χ1n) is 6.92. The van der Waals surface area contributed by atoms with Crippen LogP contribution in [0.2, 0.25) is 0 Å². The van der Waals surface area contributed by atoms with Gasteiger partial charge in [-0.3, -0.25) is 0 Å². The first-order chi connectivity index (χ1) is 8.99. The van der Waals surface area contributed by atoms with Gasteiger partial charge in [0.1, 0.15) is 0 Å². The second-order valence-electron chi connectivity index (χ2n) is 5.79. The van der Waals surface area contributed by atoms with E-state index < -0.39 is 0 Å². The third kappa shape index (κ3) is 5.06. The highest BCUT2D eigenvalue weighted by atomic mass is 14.9. The molecule has 0 bridgehead atoms. The second kappa shape index (κ2) is 7.33. The Kier molecular flexibility index (Phi) is 6.08. The topological polar surface area (TPSA) is 38.0 Å². The van der Waals surface area contributed by atoms with E-state index in [0.29, 0.717) is 6.54 Å². The van der Waals surface area contributed by atoms with E-state index in [1.165, 1.54) is 11.1 Å². The number of rotatable bonds is 5. The van der Waals surface area contributed by atoms with Crippen molar-refractivity contribution in [3.8, 4) is 11.8 Å². The molecule has 1 rings (SSSR count). The molecule has 1 unspecified atom stereocenters. The van der Waals surface area contributed by atoms with Crippen molar-refractivity contribution in [1.29, 1.82) is 0 Å². The Morgan fingerprint density at radius 3 is 2.32 bits per heavy atom. The van der Waals surface area contributed by atoms with E-state index in [4.69, 9.17) is 5.73 Å². The fourth-order valence-electron chi connectivity index (χ4n) is 1.99. The SMILES string of the molecule is CC#CCCNC(CN)c1ccc(C(C)(C)C)cc1. The van der Waals surface area contributed by atoms with Gasteiger partial charge in [0.2, 0.25) is 0 Å². The standard InChI is InChI=1S/C17H26N2/c1-5-6-7-12-19-16(13-18)14-8-10-15(11-9-14)17(2,3)4/h8-11,16,19H,7,12-13,18H2,1-4H3. The molecule has 0 saturated heterocycles. The molecule has 1 aromatic carbocycles. The summed E-state index contributed by atoms with van der Waals surface area (Å²) in [6.45, 7) is 10.0. The van der Waals surface area contributed by atoms with Crippen molar-refractivity contribution < 1.29 is 0 Å². The van der Waals surface area contributed by atoms with E-state index in [2.05, 4.69) is 62.2 Å². The quantitative estimate of drug-likeness (QED) is 0.629. The third-order valence-corrected chi connectivity index (χ3v) is 3.23. The fraction of sp³-hybridized carbons (Fsp3) is 0.529. The lowest BCUT2D eigenvalue weighted by Gasteiger charge is -2.21. The van der Waals surface area contributed by atoms with Crippen LogP contribution in [0.5, 0.6) is 0 Å². The highest BCUT2D eigenvalue weighted by Gasteiger charge is 2.14. The number of benzene rings is 1. The monoisotopic (exact) mass is 258 g/mol. The molecule has 0 heterocycles.